The van der Waals surface area contributed by atoms with Crippen LogP contribution in [0.3, 0.4) is 0 Å². The van der Waals surface area contributed by atoms with Gasteiger partial charge in [0.05, 0.1) is 0 Å². The van der Waals surface area contributed by atoms with Crippen LogP contribution in [0.15, 0.2) is 0 Å². The zero-order valence-corrected chi connectivity index (χ0v) is 7.46. The van der Waals surface area contributed by atoms with E-state index < -0.39 is 0 Å². The topological polar surface area (TPSA) is 6.48 Å². The Morgan fingerprint density at radius 3 is 2.20 bits per heavy atom. The normalized spacial score (nSPS) is 24.9. The van der Waals surface area contributed by atoms with Crippen molar-refractivity contribution in [2.45, 2.75) is 13.0 Å². The van der Waals surface area contributed by atoms with E-state index in [-0.39, 0.29) is 0 Å². The Hall–Kier alpha value is -0.0800. The molecule has 0 radical (unpaired) electrons. The van der Waals surface area contributed by atoms with Gasteiger partial charge in [-0.15, -0.1) is 0 Å². The minimum absolute atomic E-state index is 0.746. The number of likely N-dealkylation sites (tertiary alicyclic amines) is 1. The fraction of sp³-hybridized carbons (Fsp3) is 1.00. The molecule has 1 aliphatic heterocycles. The van der Waals surface area contributed by atoms with Gasteiger partial charge in [-0.05, 0) is 34.0 Å². The van der Waals surface area contributed by atoms with E-state index in [2.05, 4.69) is 37.9 Å². The molecule has 10 heavy (non-hydrogen) atoms. The third kappa shape index (κ3) is 1.50. The van der Waals surface area contributed by atoms with Gasteiger partial charge in [-0.1, -0.05) is 0 Å². The summed E-state index contributed by atoms with van der Waals surface area (Å²) in [6.07, 6.45) is 0. The Bertz CT molecular complexity index is 106. The Balaban J connectivity index is 2.24. The molecule has 1 unspecified atom stereocenters. The van der Waals surface area contributed by atoms with Crippen LogP contribution in [0.25, 0.3) is 0 Å². The summed E-state index contributed by atoms with van der Waals surface area (Å²) in [5.74, 6) is 0.903. The molecule has 1 atom stereocenters. The fourth-order valence-corrected chi connectivity index (χ4v) is 1.47. The molecule has 1 heterocycles. The second-order valence-corrected chi connectivity index (χ2v) is 3.69. The van der Waals surface area contributed by atoms with Crippen LogP contribution in [0, 0.1) is 5.92 Å². The SMILES string of the molecule is CC(C1CN(C)C1)N(C)C. The van der Waals surface area contributed by atoms with Gasteiger partial charge in [-0.25, -0.2) is 0 Å². The molecular weight excluding hydrogens is 124 g/mol. The van der Waals surface area contributed by atoms with E-state index in [0.29, 0.717) is 0 Å². The highest BCUT2D eigenvalue weighted by Gasteiger charge is 2.29. The Kier molecular flexibility index (Phi) is 2.32. The quantitative estimate of drug-likeness (QED) is 0.554. The van der Waals surface area contributed by atoms with Gasteiger partial charge in [-0.3, -0.25) is 0 Å². The summed E-state index contributed by atoms with van der Waals surface area (Å²) >= 11 is 0. The van der Waals surface area contributed by atoms with E-state index in [9.17, 15) is 0 Å². The van der Waals surface area contributed by atoms with Gasteiger partial charge in [0.1, 0.15) is 0 Å². The van der Waals surface area contributed by atoms with Crippen molar-refractivity contribution in [3.63, 3.8) is 0 Å². The summed E-state index contributed by atoms with van der Waals surface area (Å²) in [5.41, 5.74) is 0. The van der Waals surface area contributed by atoms with Crippen LogP contribution >= 0.6 is 0 Å². The number of nitrogens with zero attached hydrogens (tertiary/aromatic N) is 2. The number of hydrogen-bond donors (Lipinski definition) is 0. The van der Waals surface area contributed by atoms with Gasteiger partial charge in [0.25, 0.3) is 0 Å². The first kappa shape index (κ1) is 8.02. The van der Waals surface area contributed by atoms with Gasteiger partial charge in [-0.2, -0.15) is 0 Å². The Labute approximate surface area is 63.8 Å². The van der Waals surface area contributed by atoms with E-state index >= 15 is 0 Å². The van der Waals surface area contributed by atoms with Gasteiger partial charge < -0.3 is 9.80 Å². The molecule has 0 bridgehead atoms. The Morgan fingerprint density at radius 2 is 1.90 bits per heavy atom. The van der Waals surface area contributed by atoms with Crippen molar-refractivity contribution >= 4 is 0 Å². The lowest BCUT2D eigenvalue weighted by Crippen LogP contribution is -2.52. The lowest BCUT2D eigenvalue weighted by molar-refractivity contribution is 0.0671. The first-order valence-electron chi connectivity index (χ1n) is 3.96. The molecule has 1 saturated heterocycles. The Morgan fingerprint density at radius 1 is 1.40 bits per heavy atom. The van der Waals surface area contributed by atoms with Crippen molar-refractivity contribution in [3.05, 3.63) is 0 Å². The maximum atomic E-state index is 2.37. The molecule has 2 heteroatoms. The zero-order valence-electron chi connectivity index (χ0n) is 7.46. The molecule has 0 saturated carbocycles. The lowest BCUT2D eigenvalue weighted by atomic mass is 9.93. The smallest absolute Gasteiger partial charge is 0.0114 e. The maximum absolute atomic E-state index is 2.37. The third-order valence-electron chi connectivity index (χ3n) is 2.59. The summed E-state index contributed by atoms with van der Waals surface area (Å²) in [7, 11) is 6.49. The standard InChI is InChI=1S/C8H18N2/c1-7(9(2)3)8-5-10(4)6-8/h7-8H,5-6H2,1-4H3. The largest absolute Gasteiger partial charge is 0.306 e. The van der Waals surface area contributed by atoms with Gasteiger partial charge in [0.2, 0.25) is 0 Å². The first-order valence-corrected chi connectivity index (χ1v) is 3.96. The van der Waals surface area contributed by atoms with Crippen molar-refractivity contribution in [1.29, 1.82) is 0 Å². The summed E-state index contributed by atoms with van der Waals surface area (Å²) in [5, 5.41) is 0. The van der Waals surface area contributed by atoms with Gasteiger partial charge in [0, 0.05) is 19.1 Å². The number of hydrogen-bond acceptors (Lipinski definition) is 2. The summed E-state index contributed by atoms with van der Waals surface area (Å²) in [6.45, 7) is 4.86. The van der Waals surface area contributed by atoms with Crippen LogP contribution in [-0.4, -0.2) is 50.1 Å². The lowest BCUT2D eigenvalue weighted by Gasteiger charge is -2.42. The summed E-state index contributed by atoms with van der Waals surface area (Å²) < 4.78 is 0. The van der Waals surface area contributed by atoms with E-state index in [1.807, 2.05) is 0 Å². The first-order chi connectivity index (χ1) is 4.61. The minimum atomic E-state index is 0.746. The second-order valence-electron chi connectivity index (χ2n) is 3.69. The van der Waals surface area contributed by atoms with Gasteiger partial charge in [0.15, 0.2) is 0 Å². The molecule has 1 aliphatic rings. The summed E-state index contributed by atoms with van der Waals surface area (Å²) in [6, 6.07) is 0.746. The predicted octanol–water partition coefficient (Wildman–Crippen LogP) is 0.498. The van der Waals surface area contributed by atoms with E-state index in [4.69, 9.17) is 0 Å². The fourth-order valence-electron chi connectivity index (χ4n) is 1.47. The van der Waals surface area contributed by atoms with Crippen molar-refractivity contribution in [2.75, 3.05) is 34.2 Å². The van der Waals surface area contributed by atoms with Crippen molar-refractivity contribution in [2.24, 2.45) is 5.92 Å². The molecule has 0 spiro atoms. The molecular formula is C8H18N2. The van der Waals surface area contributed by atoms with Crippen LogP contribution in [0.2, 0.25) is 0 Å². The third-order valence-corrected chi connectivity index (χ3v) is 2.59. The molecule has 1 rings (SSSR count). The molecule has 0 aliphatic carbocycles. The molecule has 0 aromatic carbocycles. The van der Waals surface area contributed by atoms with Crippen LogP contribution in [0.5, 0.6) is 0 Å². The van der Waals surface area contributed by atoms with Gasteiger partial charge >= 0.3 is 0 Å². The minimum Gasteiger partial charge on any atom is -0.306 e. The van der Waals surface area contributed by atoms with E-state index in [1.165, 1.54) is 13.1 Å². The molecule has 60 valence electrons. The monoisotopic (exact) mass is 142 g/mol. The van der Waals surface area contributed by atoms with Crippen molar-refractivity contribution < 1.29 is 0 Å². The van der Waals surface area contributed by atoms with E-state index in [1.54, 1.807) is 0 Å². The average molecular weight is 142 g/mol. The average Bonchev–Trinajstić information content (AvgIpc) is 1.79. The highest BCUT2D eigenvalue weighted by Crippen LogP contribution is 2.19. The highest BCUT2D eigenvalue weighted by atomic mass is 15.2. The number of rotatable bonds is 2. The predicted molar refractivity (Wildman–Crippen MR) is 44.1 cm³/mol. The van der Waals surface area contributed by atoms with E-state index in [0.717, 1.165) is 12.0 Å². The molecule has 0 aromatic heterocycles. The van der Waals surface area contributed by atoms with Crippen LogP contribution < -0.4 is 0 Å². The zero-order chi connectivity index (χ0) is 7.72. The van der Waals surface area contributed by atoms with Crippen LogP contribution in [0.4, 0.5) is 0 Å². The molecule has 1 fully saturated rings. The maximum Gasteiger partial charge on any atom is 0.0114 e. The molecule has 0 amide bonds. The van der Waals surface area contributed by atoms with Crippen molar-refractivity contribution in [1.82, 2.24) is 9.80 Å². The van der Waals surface area contributed by atoms with Crippen molar-refractivity contribution in [3.8, 4) is 0 Å². The van der Waals surface area contributed by atoms with Crippen LogP contribution in [-0.2, 0) is 0 Å². The highest BCUT2D eigenvalue weighted by molar-refractivity contribution is 4.84. The molecule has 0 aromatic rings. The second kappa shape index (κ2) is 2.89. The molecule has 2 nitrogen and oxygen atoms in total. The van der Waals surface area contributed by atoms with Crippen LogP contribution in [0.1, 0.15) is 6.92 Å². The molecule has 0 N–H and O–H groups in total. The summed E-state index contributed by atoms with van der Waals surface area (Å²) in [4.78, 5) is 4.67.